The number of hydrogen-bond acceptors (Lipinski definition) is 2. The van der Waals surface area contributed by atoms with E-state index in [4.69, 9.17) is 16.3 Å². The first-order chi connectivity index (χ1) is 10.3. The third-order valence-corrected chi connectivity index (χ3v) is 4.44. The van der Waals surface area contributed by atoms with E-state index in [2.05, 4.69) is 29.6 Å². The molecule has 2 unspecified atom stereocenters. The highest BCUT2D eigenvalue weighted by atomic mass is 35.5. The van der Waals surface area contributed by atoms with Gasteiger partial charge in [0.15, 0.2) is 0 Å². The normalized spacial score (nSPS) is 18.7. The largest absolute Gasteiger partial charge is 0.493 e. The summed E-state index contributed by atoms with van der Waals surface area (Å²) in [4.78, 5) is 0. The first-order valence-electron chi connectivity index (χ1n) is 7.42. The van der Waals surface area contributed by atoms with Gasteiger partial charge >= 0.3 is 0 Å². The van der Waals surface area contributed by atoms with E-state index < -0.39 is 0 Å². The molecule has 0 fully saturated rings. The first kappa shape index (κ1) is 14.4. The Balaban J connectivity index is 1.82. The van der Waals surface area contributed by atoms with Gasteiger partial charge in [-0.3, -0.25) is 0 Å². The number of ether oxygens (including phenoxy) is 1. The van der Waals surface area contributed by atoms with Gasteiger partial charge in [-0.25, -0.2) is 0 Å². The predicted octanol–water partition coefficient (Wildman–Crippen LogP) is 4.56. The van der Waals surface area contributed by atoms with E-state index in [1.165, 1.54) is 11.1 Å². The minimum atomic E-state index is 0.305. The van der Waals surface area contributed by atoms with Crippen LogP contribution in [0.1, 0.15) is 35.9 Å². The highest BCUT2D eigenvalue weighted by Crippen LogP contribution is 2.38. The van der Waals surface area contributed by atoms with E-state index in [-0.39, 0.29) is 0 Å². The summed E-state index contributed by atoms with van der Waals surface area (Å²) in [5.74, 6) is 1.56. The number of nitrogens with one attached hydrogen (secondary N) is 1. The second kappa shape index (κ2) is 6.50. The molecule has 3 rings (SSSR count). The molecule has 21 heavy (non-hydrogen) atoms. The molecule has 2 aromatic rings. The van der Waals surface area contributed by atoms with Gasteiger partial charge < -0.3 is 10.1 Å². The summed E-state index contributed by atoms with van der Waals surface area (Å²) in [5, 5.41) is 4.22. The van der Waals surface area contributed by atoms with Crippen LogP contribution in [0.2, 0.25) is 5.02 Å². The Morgan fingerprint density at radius 3 is 2.90 bits per heavy atom. The Bertz CT molecular complexity index is 614. The van der Waals surface area contributed by atoms with Gasteiger partial charge in [0.1, 0.15) is 5.75 Å². The van der Waals surface area contributed by atoms with Gasteiger partial charge in [0.25, 0.3) is 0 Å². The molecular weight excluding hydrogens is 282 g/mol. The molecule has 1 aliphatic heterocycles. The quantitative estimate of drug-likeness (QED) is 0.894. The molecule has 0 spiro atoms. The van der Waals surface area contributed by atoms with Gasteiger partial charge in [-0.05, 0) is 55.1 Å². The Kier molecular flexibility index (Phi) is 4.47. The van der Waals surface area contributed by atoms with E-state index in [1.807, 2.05) is 31.3 Å². The van der Waals surface area contributed by atoms with Gasteiger partial charge in [0.2, 0.25) is 0 Å². The maximum Gasteiger partial charge on any atom is 0.122 e. The fourth-order valence-electron chi connectivity index (χ4n) is 3.09. The molecule has 110 valence electrons. The average molecular weight is 302 g/mol. The summed E-state index contributed by atoms with van der Waals surface area (Å²) < 4.78 is 5.75. The van der Waals surface area contributed by atoms with Crippen LogP contribution in [0.25, 0.3) is 0 Å². The maximum absolute atomic E-state index is 6.12. The van der Waals surface area contributed by atoms with Gasteiger partial charge in [-0.2, -0.15) is 0 Å². The Labute approximate surface area is 131 Å². The summed E-state index contributed by atoms with van der Waals surface area (Å²) in [6, 6.07) is 16.8. The Morgan fingerprint density at radius 1 is 1.24 bits per heavy atom. The number of hydrogen-bond donors (Lipinski definition) is 1. The van der Waals surface area contributed by atoms with Crippen LogP contribution in [0.3, 0.4) is 0 Å². The third kappa shape index (κ3) is 3.22. The van der Waals surface area contributed by atoms with Crippen molar-refractivity contribution in [2.24, 2.45) is 0 Å². The molecule has 1 aliphatic rings. The number of benzene rings is 2. The average Bonchev–Trinajstić information content (AvgIpc) is 2.52. The number of fused-ring (bicyclic) bond motifs is 1. The first-order valence-corrected chi connectivity index (χ1v) is 7.80. The summed E-state index contributed by atoms with van der Waals surface area (Å²) in [6.45, 7) is 0.799. The van der Waals surface area contributed by atoms with Gasteiger partial charge in [0, 0.05) is 11.1 Å². The van der Waals surface area contributed by atoms with Crippen molar-refractivity contribution >= 4 is 11.6 Å². The van der Waals surface area contributed by atoms with Crippen molar-refractivity contribution in [1.82, 2.24) is 5.32 Å². The van der Waals surface area contributed by atoms with Gasteiger partial charge in [-0.15, -0.1) is 0 Å². The van der Waals surface area contributed by atoms with Crippen molar-refractivity contribution in [3.8, 4) is 5.75 Å². The zero-order valence-corrected chi connectivity index (χ0v) is 12.9. The standard InChI is InChI=1S/C18H20ClNO/c1-20-17(14-5-4-6-15(19)11-14)12-13-9-10-21-18-8-3-2-7-16(13)18/h2-8,11,13,17,20H,9-10,12H2,1H3. The molecule has 2 atom stereocenters. The second-order valence-corrected chi connectivity index (χ2v) is 5.94. The van der Waals surface area contributed by atoms with E-state index >= 15 is 0 Å². The van der Waals surface area contributed by atoms with Crippen LogP contribution < -0.4 is 10.1 Å². The molecule has 1 N–H and O–H groups in total. The summed E-state index contributed by atoms with van der Waals surface area (Å²) >= 11 is 6.12. The molecule has 1 heterocycles. The van der Waals surface area contributed by atoms with Crippen LogP contribution in [-0.2, 0) is 0 Å². The van der Waals surface area contributed by atoms with Crippen molar-refractivity contribution in [2.45, 2.75) is 24.8 Å². The van der Waals surface area contributed by atoms with Crippen LogP contribution >= 0.6 is 11.6 Å². The molecule has 0 bridgehead atoms. The molecule has 2 nitrogen and oxygen atoms in total. The molecule has 0 aliphatic carbocycles. The van der Waals surface area contributed by atoms with E-state index in [0.717, 1.165) is 30.2 Å². The lowest BCUT2D eigenvalue weighted by Crippen LogP contribution is -2.22. The van der Waals surface area contributed by atoms with Crippen LogP contribution in [0.15, 0.2) is 48.5 Å². The van der Waals surface area contributed by atoms with Crippen LogP contribution in [-0.4, -0.2) is 13.7 Å². The summed E-state index contributed by atoms with van der Waals surface area (Å²) in [7, 11) is 2.01. The number of halogens is 1. The Hall–Kier alpha value is -1.51. The molecular formula is C18H20ClNO. The Morgan fingerprint density at radius 2 is 2.10 bits per heavy atom. The van der Waals surface area contributed by atoms with Crippen molar-refractivity contribution in [3.05, 3.63) is 64.7 Å². The molecule has 0 amide bonds. The highest BCUT2D eigenvalue weighted by molar-refractivity contribution is 6.30. The molecule has 0 aromatic heterocycles. The van der Waals surface area contributed by atoms with Gasteiger partial charge in [-0.1, -0.05) is 41.9 Å². The number of rotatable bonds is 4. The fraction of sp³-hybridized carbons (Fsp3) is 0.333. The maximum atomic E-state index is 6.12. The lowest BCUT2D eigenvalue weighted by Gasteiger charge is -2.29. The van der Waals surface area contributed by atoms with Crippen LogP contribution in [0.4, 0.5) is 0 Å². The van der Waals surface area contributed by atoms with Gasteiger partial charge in [0.05, 0.1) is 6.61 Å². The van der Waals surface area contributed by atoms with E-state index in [9.17, 15) is 0 Å². The van der Waals surface area contributed by atoms with Crippen molar-refractivity contribution in [1.29, 1.82) is 0 Å². The SMILES string of the molecule is CNC(CC1CCOc2ccccc21)c1cccc(Cl)c1. The fourth-order valence-corrected chi connectivity index (χ4v) is 3.29. The molecule has 0 saturated carbocycles. The van der Waals surface area contributed by atoms with Crippen molar-refractivity contribution in [2.75, 3.05) is 13.7 Å². The van der Waals surface area contributed by atoms with Crippen molar-refractivity contribution in [3.63, 3.8) is 0 Å². The summed E-state index contributed by atoms with van der Waals surface area (Å²) in [5.41, 5.74) is 2.57. The molecule has 0 saturated heterocycles. The lowest BCUT2D eigenvalue weighted by molar-refractivity contribution is 0.256. The lowest BCUT2D eigenvalue weighted by atomic mass is 9.85. The predicted molar refractivity (Wildman–Crippen MR) is 87.2 cm³/mol. The minimum absolute atomic E-state index is 0.305. The second-order valence-electron chi connectivity index (χ2n) is 5.50. The summed E-state index contributed by atoms with van der Waals surface area (Å²) in [6.07, 6.45) is 2.12. The zero-order valence-electron chi connectivity index (χ0n) is 12.2. The molecule has 0 radical (unpaired) electrons. The highest BCUT2D eigenvalue weighted by Gasteiger charge is 2.24. The monoisotopic (exact) mass is 301 g/mol. The van der Waals surface area contributed by atoms with E-state index in [1.54, 1.807) is 0 Å². The minimum Gasteiger partial charge on any atom is -0.493 e. The third-order valence-electron chi connectivity index (χ3n) is 4.20. The van der Waals surface area contributed by atoms with E-state index in [0.29, 0.717) is 12.0 Å². The smallest absolute Gasteiger partial charge is 0.122 e. The van der Waals surface area contributed by atoms with Crippen molar-refractivity contribution < 1.29 is 4.74 Å². The molecule has 3 heteroatoms. The van der Waals surface area contributed by atoms with Crippen LogP contribution in [0, 0.1) is 0 Å². The number of para-hydroxylation sites is 1. The molecule has 2 aromatic carbocycles. The zero-order chi connectivity index (χ0) is 14.7. The topological polar surface area (TPSA) is 21.3 Å². The van der Waals surface area contributed by atoms with Crippen LogP contribution in [0.5, 0.6) is 5.75 Å².